The lowest BCUT2D eigenvalue weighted by Gasteiger charge is -2.08. The quantitative estimate of drug-likeness (QED) is 0.714. The van der Waals surface area contributed by atoms with Crippen molar-refractivity contribution in [3.05, 3.63) is 53.1 Å². The number of nitrogens with one attached hydrogen (secondary N) is 2. The van der Waals surface area contributed by atoms with Crippen LogP contribution in [0.25, 0.3) is 11.4 Å². The van der Waals surface area contributed by atoms with Crippen LogP contribution in [0.2, 0.25) is 0 Å². The van der Waals surface area contributed by atoms with Gasteiger partial charge in [0, 0.05) is 31.3 Å². The number of benzene rings is 1. The van der Waals surface area contributed by atoms with Gasteiger partial charge in [-0.05, 0) is 6.92 Å². The van der Waals surface area contributed by atoms with Gasteiger partial charge in [-0.25, -0.2) is 0 Å². The van der Waals surface area contributed by atoms with Gasteiger partial charge in [0.1, 0.15) is 5.82 Å². The Kier molecular flexibility index (Phi) is 4.98. The fraction of sp³-hybridized carbons (Fsp3) is 0.294. The minimum Gasteiger partial charge on any atom is -0.351 e. The highest BCUT2D eigenvalue weighted by Gasteiger charge is 2.39. The lowest BCUT2D eigenvalue weighted by Crippen LogP contribution is -2.28. The van der Waals surface area contributed by atoms with Gasteiger partial charge in [-0.3, -0.25) is 9.89 Å². The SMILES string of the molecule is Cc1[nH]nc(C(F)(F)F)c1C(=O)NCCc1nnc(-c2ccccc2)n1C. The number of carbonyl (C=O) groups excluding carboxylic acids is 1. The van der Waals surface area contributed by atoms with Crippen LogP contribution in [-0.4, -0.2) is 37.4 Å². The van der Waals surface area contributed by atoms with E-state index in [-0.39, 0.29) is 12.2 Å². The summed E-state index contributed by atoms with van der Waals surface area (Å²) in [5.41, 5.74) is -0.760. The lowest BCUT2D eigenvalue weighted by molar-refractivity contribution is -0.141. The molecule has 1 amide bonds. The molecule has 3 rings (SSSR count). The highest BCUT2D eigenvalue weighted by Crippen LogP contribution is 2.31. The Hall–Kier alpha value is -3.17. The highest BCUT2D eigenvalue weighted by molar-refractivity contribution is 5.96. The predicted molar refractivity (Wildman–Crippen MR) is 90.8 cm³/mol. The zero-order valence-electron chi connectivity index (χ0n) is 14.6. The second-order valence-corrected chi connectivity index (χ2v) is 5.94. The number of amides is 1. The number of hydrogen-bond acceptors (Lipinski definition) is 4. The van der Waals surface area contributed by atoms with Gasteiger partial charge >= 0.3 is 6.18 Å². The summed E-state index contributed by atoms with van der Waals surface area (Å²) in [4.78, 5) is 12.2. The first-order valence-corrected chi connectivity index (χ1v) is 8.13. The molecule has 2 N–H and O–H groups in total. The van der Waals surface area contributed by atoms with Crippen molar-refractivity contribution in [2.24, 2.45) is 7.05 Å². The summed E-state index contributed by atoms with van der Waals surface area (Å²) in [6.45, 7) is 1.48. The van der Waals surface area contributed by atoms with E-state index in [1.54, 1.807) is 11.6 Å². The van der Waals surface area contributed by atoms with Gasteiger partial charge in [0.15, 0.2) is 11.5 Å². The highest BCUT2D eigenvalue weighted by atomic mass is 19.4. The first-order chi connectivity index (χ1) is 12.8. The second-order valence-electron chi connectivity index (χ2n) is 5.94. The van der Waals surface area contributed by atoms with Crippen LogP contribution < -0.4 is 5.32 Å². The summed E-state index contributed by atoms with van der Waals surface area (Å²) in [6, 6.07) is 9.46. The van der Waals surface area contributed by atoms with Gasteiger partial charge in [-0.1, -0.05) is 30.3 Å². The Bertz CT molecular complexity index is 945. The van der Waals surface area contributed by atoms with Gasteiger partial charge in [0.25, 0.3) is 5.91 Å². The first-order valence-electron chi connectivity index (χ1n) is 8.13. The fourth-order valence-electron chi connectivity index (χ4n) is 2.71. The van der Waals surface area contributed by atoms with E-state index in [1.807, 2.05) is 30.3 Å². The summed E-state index contributed by atoms with van der Waals surface area (Å²) in [6.07, 6.45) is -4.38. The maximum Gasteiger partial charge on any atom is 0.435 e. The van der Waals surface area contributed by atoms with Crippen LogP contribution in [0.3, 0.4) is 0 Å². The van der Waals surface area contributed by atoms with Crippen LogP contribution in [0.15, 0.2) is 30.3 Å². The van der Waals surface area contributed by atoms with E-state index >= 15 is 0 Å². The number of rotatable bonds is 5. The standard InChI is InChI=1S/C17H17F3N6O/c1-10-13(14(24-22-10)17(18,19)20)16(27)21-9-8-12-23-25-15(26(12)2)11-6-4-3-5-7-11/h3-7H,8-9H2,1-2H3,(H,21,27)(H,22,24). The van der Waals surface area contributed by atoms with Crippen molar-refractivity contribution in [3.63, 3.8) is 0 Å². The van der Waals surface area contributed by atoms with Crippen molar-refractivity contribution in [2.75, 3.05) is 6.54 Å². The van der Waals surface area contributed by atoms with Gasteiger partial charge in [-0.15, -0.1) is 10.2 Å². The molecular weight excluding hydrogens is 361 g/mol. The Labute approximate surface area is 152 Å². The Morgan fingerprint density at radius 3 is 2.59 bits per heavy atom. The molecule has 0 radical (unpaired) electrons. The Balaban J connectivity index is 1.67. The first kappa shape index (κ1) is 18.6. The number of H-pyrrole nitrogens is 1. The Morgan fingerprint density at radius 2 is 1.93 bits per heavy atom. The van der Waals surface area contributed by atoms with E-state index in [0.717, 1.165) is 5.56 Å². The van der Waals surface area contributed by atoms with E-state index in [9.17, 15) is 18.0 Å². The number of nitrogens with zero attached hydrogens (tertiary/aromatic N) is 4. The smallest absolute Gasteiger partial charge is 0.351 e. The van der Waals surface area contributed by atoms with Gasteiger partial charge in [0.05, 0.1) is 5.56 Å². The number of halogens is 3. The molecule has 0 fully saturated rings. The topological polar surface area (TPSA) is 88.5 Å². The maximum absolute atomic E-state index is 12.9. The lowest BCUT2D eigenvalue weighted by atomic mass is 10.1. The summed E-state index contributed by atoms with van der Waals surface area (Å²) in [5.74, 6) is 0.440. The zero-order chi connectivity index (χ0) is 19.6. The number of aryl methyl sites for hydroxylation is 1. The number of carbonyl (C=O) groups is 1. The number of hydrogen-bond donors (Lipinski definition) is 2. The molecule has 0 unspecified atom stereocenters. The molecular formula is C17H17F3N6O. The largest absolute Gasteiger partial charge is 0.435 e. The van der Waals surface area contributed by atoms with E-state index in [1.165, 1.54) is 6.92 Å². The van der Waals surface area contributed by atoms with E-state index in [4.69, 9.17) is 0 Å². The van der Waals surface area contributed by atoms with Crippen molar-refractivity contribution in [2.45, 2.75) is 19.5 Å². The third-order valence-corrected chi connectivity index (χ3v) is 4.07. The molecule has 0 aliphatic heterocycles. The summed E-state index contributed by atoms with van der Waals surface area (Å²) >= 11 is 0. The molecule has 2 aromatic heterocycles. The minimum absolute atomic E-state index is 0.0600. The molecule has 3 aromatic rings. The monoisotopic (exact) mass is 378 g/mol. The molecule has 0 aliphatic carbocycles. The van der Waals surface area contributed by atoms with Crippen molar-refractivity contribution >= 4 is 5.91 Å². The van der Waals surface area contributed by atoms with Crippen LogP contribution in [0.1, 0.15) is 27.6 Å². The molecule has 0 saturated heterocycles. The van der Waals surface area contributed by atoms with Gasteiger partial charge in [0.2, 0.25) is 0 Å². The maximum atomic E-state index is 12.9. The fourth-order valence-corrected chi connectivity index (χ4v) is 2.71. The van der Waals surface area contributed by atoms with Gasteiger partial charge in [-0.2, -0.15) is 18.3 Å². The molecule has 0 spiro atoms. The van der Waals surface area contributed by atoms with Crippen molar-refractivity contribution in [3.8, 4) is 11.4 Å². The van der Waals surface area contributed by atoms with Gasteiger partial charge < -0.3 is 9.88 Å². The minimum atomic E-state index is -4.70. The molecule has 0 saturated carbocycles. The van der Waals surface area contributed by atoms with Crippen molar-refractivity contribution in [1.82, 2.24) is 30.3 Å². The molecule has 2 heterocycles. The molecule has 142 valence electrons. The summed E-state index contributed by atoms with van der Waals surface area (Å²) in [5, 5.41) is 16.1. The third-order valence-electron chi connectivity index (χ3n) is 4.07. The molecule has 7 nitrogen and oxygen atoms in total. The molecule has 0 atom stereocenters. The molecule has 27 heavy (non-hydrogen) atoms. The summed E-state index contributed by atoms with van der Waals surface area (Å²) < 4.78 is 40.6. The second kappa shape index (κ2) is 7.22. The average Bonchev–Trinajstić information content (AvgIpc) is 3.19. The average molecular weight is 378 g/mol. The Morgan fingerprint density at radius 1 is 1.22 bits per heavy atom. The van der Waals surface area contributed by atoms with Crippen molar-refractivity contribution < 1.29 is 18.0 Å². The van der Waals surface area contributed by atoms with E-state index in [0.29, 0.717) is 18.1 Å². The zero-order valence-corrected chi connectivity index (χ0v) is 14.6. The number of aromatic amines is 1. The number of aromatic nitrogens is 5. The normalized spacial score (nSPS) is 11.6. The predicted octanol–water partition coefficient (Wildman–Crippen LogP) is 2.50. The summed E-state index contributed by atoms with van der Waals surface area (Å²) in [7, 11) is 1.79. The third kappa shape index (κ3) is 3.83. The molecule has 1 aromatic carbocycles. The van der Waals surface area contributed by atoms with Crippen LogP contribution in [0.5, 0.6) is 0 Å². The molecule has 0 aliphatic rings. The van der Waals surface area contributed by atoms with Crippen LogP contribution in [0, 0.1) is 6.92 Å². The van der Waals surface area contributed by atoms with Crippen molar-refractivity contribution in [1.29, 1.82) is 0 Å². The van der Waals surface area contributed by atoms with E-state index < -0.39 is 23.3 Å². The van der Waals surface area contributed by atoms with E-state index in [2.05, 4.69) is 25.7 Å². The molecule has 10 heteroatoms. The van der Waals surface area contributed by atoms with Crippen LogP contribution in [-0.2, 0) is 19.6 Å². The number of alkyl halides is 3. The molecule has 0 bridgehead atoms. The van der Waals surface area contributed by atoms with Crippen LogP contribution in [0.4, 0.5) is 13.2 Å². The van der Waals surface area contributed by atoms with Crippen LogP contribution >= 0.6 is 0 Å².